The predicted octanol–water partition coefficient (Wildman–Crippen LogP) is 3.27. The summed E-state index contributed by atoms with van der Waals surface area (Å²) >= 11 is 1.59. The van der Waals surface area contributed by atoms with Crippen LogP contribution in [0.15, 0.2) is 28.8 Å². The third-order valence-corrected chi connectivity index (χ3v) is 4.51. The van der Waals surface area contributed by atoms with Crippen LogP contribution in [0.25, 0.3) is 0 Å². The molecule has 0 fully saturated rings. The van der Waals surface area contributed by atoms with Gasteiger partial charge in [0.05, 0.1) is 6.04 Å². The minimum Gasteiger partial charge on any atom is -0.508 e. The molecule has 21 heavy (non-hydrogen) atoms. The highest BCUT2D eigenvalue weighted by Crippen LogP contribution is 2.30. The number of hydrogen-bond acceptors (Lipinski definition) is 4. The van der Waals surface area contributed by atoms with Crippen molar-refractivity contribution >= 4 is 17.2 Å². The SMILES string of the molecule is CC(C)(C)CCN1C(=O)C(C#N)=C(O)C1Cc1cccs1. The first-order valence-electron chi connectivity index (χ1n) is 7.00. The van der Waals surface area contributed by atoms with E-state index in [1.807, 2.05) is 23.6 Å². The molecule has 1 atom stereocenters. The van der Waals surface area contributed by atoms with Gasteiger partial charge in [0.1, 0.15) is 11.8 Å². The van der Waals surface area contributed by atoms with Gasteiger partial charge in [-0.3, -0.25) is 4.79 Å². The zero-order valence-electron chi connectivity index (χ0n) is 12.6. The number of thiophene rings is 1. The highest BCUT2D eigenvalue weighted by molar-refractivity contribution is 7.09. The summed E-state index contributed by atoms with van der Waals surface area (Å²) in [4.78, 5) is 15.0. The van der Waals surface area contributed by atoms with Crippen LogP contribution in [0.5, 0.6) is 0 Å². The molecule has 4 nitrogen and oxygen atoms in total. The van der Waals surface area contributed by atoms with Crippen LogP contribution in [0, 0.1) is 16.7 Å². The van der Waals surface area contributed by atoms with Crippen molar-refractivity contribution in [2.75, 3.05) is 6.54 Å². The maximum Gasteiger partial charge on any atom is 0.268 e. The number of rotatable bonds is 4. The Labute approximate surface area is 129 Å². The van der Waals surface area contributed by atoms with Gasteiger partial charge in [0.25, 0.3) is 5.91 Å². The second kappa shape index (κ2) is 5.90. The van der Waals surface area contributed by atoms with Gasteiger partial charge >= 0.3 is 0 Å². The Kier molecular flexibility index (Phi) is 4.38. The number of aliphatic hydroxyl groups is 1. The number of carbonyl (C=O) groups excluding carboxylic acids is 1. The lowest BCUT2D eigenvalue weighted by Gasteiger charge is -2.28. The summed E-state index contributed by atoms with van der Waals surface area (Å²) in [7, 11) is 0. The quantitative estimate of drug-likeness (QED) is 0.928. The third-order valence-electron chi connectivity index (χ3n) is 3.61. The monoisotopic (exact) mass is 304 g/mol. The topological polar surface area (TPSA) is 64.3 Å². The van der Waals surface area contributed by atoms with Gasteiger partial charge in [-0.1, -0.05) is 26.8 Å². The minimum absolute atomic E-state index is 0.0789. The van der Waals surface area contributed by atoms with Crippen molar-refractivity contribution in [1.29, 1.82) is 5.26 Å². The maximum atomic E-state index is 12.3. The average molecular weight is 304 g/mol. The molecule has 1 aromatic heterocycles. The van der Waals surface area contributed by atoms with Gasteiger partial charge < -0.3 is 10.0 Å². The molecule has 5 heteroatoms. The van der Waals surface area contributed by atoms with Crippen LogP contribution in [0.1, 0.15) is 32.1 Å². The van der Waals surface area contributed by atoms with Crippen LogP contribution in [0.4, 0.5) is 0 Å². The number of aliphatic hydroxyl groups excluding tert-OH is 1. The Hall–Kier alpha value is -1.80. The van der Waals surface area contributed by atoms with Crippen molar-refractivity contribution in [2.45, 2.75) is 39.7 Å². The van der Waals surface area contributed by atoms with E-state index in [1.54, 1.807) is 16.2 Å². The van der Waals surface area contributed by atoms with Crippen molar-refractivity contribution < 1.29 is 9.90 Å². The maximum absolute atomic E-state index is 12.3. The molecular formula is C16H20N2O2S. The van der Waals surface area contributed by atoms with E-state index >= 15 is 0 Å². The lowest BCUT2D eigenvalue weighted by Crippen LogP contribution is -2.39. The highest BCUT2D eigenvalue weighted by atomic mass is 32.1. The van der Waals surface area contributed by atoms with Crippen LogP contribution < -0.4 is 0 Å². The number of nitrogens with zero attached hydrogens (tertiary/aromatic N) is 2. The van der Waals surface area contributed by atoms with Crippen molar-refractivity contribution in [3.8, 4) is 6.07 Å². The molecule has 1 N–H and O–H groups in total. The van der Waals surface area contributed by atoms with Crippen molar-refractivity contribution in [3.05, 3.63) is 33.7 Å². The lowest BCUT2D eigenvalue weighted by atomic mass is 9.92. The van der Waals surface area contributed by atoms with E-state index in [1.165, 1.54) is 0 Å². The Bertz CT molecular complexity index is 591. The molecule has 1 aliphatic heterocycles. The number of amides is 1. The molecule has 0 saturated carbocycles. The fourth-order valence-electron chi connectivity index (χ4n) is 2.35. The van der Waals surface area contributed by atoms with E-state index in [9.17, 15) is 9.90 Å². The molecule has 0 saturated heterocycles. The molecular weight excluding hydrogens is 284 g/mol. The van der Waals surface area contributed by atoms with Crippen LogP contribution >= 0.6 is 11.3 Å². The normalized spacial score (nSPS) is 19.2. The second-order valence-corrected chi connectivity index (χ2v) is 7.51. The Balaban J connectivity index is 2.21. The van der Waals surface area contributed by atoms with Crippen molar-refractivity contribution in [1.82, 2.24) is 4.90 Å². The molecule has 0 bridgehead atoms. The summed E-state index contributed by atoms with van der Waals surface area (Å²) in [5.41, 5.74) is -0.0100. The fraction of sp³-hybridized carbons (Fsp3) is 0.500. The Morgan fingerprint density at radius 1 is 1.48 bits per heavy atom. The van der Waals surface area contributed by atoms with E-state index in [0.717, 1.165) is 11.3 Å². The molecule has 1 aromatic rings. The average Bonchev–Trinajstić information content (AvgIpc) is 2.96. The highest BCUT2D eigenvalue weighted by Gasteiger charge is 2.39. The molecule has 0 radical (unpaired) electrons. The summed E-state index contributed by atoms with van der Waals surface area (Å²) in [6.45, 7) is 6.88. The summed E-state index contributed by atoms with van der Waals surface area (Å²) in [5, 5.41) is 21.3. The van der Waals surface area contributed by atoms with E-state index < -0.39 is 6.04 Å². The standard InChI is InChI=1S/C16H20N2O2S/c1-16(2,3)6-7-18-13(9-11-5-4-8-21-11)14(19)12(10-17)15(18)20/h4-5,8,13,19H,6-7,9H2,1-3H3. The molecule has 2 rings (SSSR count). The number of carbonyl (C=O) groups is 1. The minimum atomic E-state index is -0.409. The number of nitriles is 1. The largest absolute Gasteiger partial charge is 0.508 e. The first kappa shape index (κ1) is 15.6. The molecule has 112 valence electrons. The zero-order valence-corrected chi connectivity index (χ0v) is 13.4. The summed E-state index contributed by atoms with van der Waals surface area (Å²) in [6.07, 6.45) is 1.39. The lowest BCUT2D eigenvalue weighted by molar-refractivity contribution is -0.127. The summed E-state index contributed by atoms with van der Waals surface area (Å²) in [5.74, 6) is -0.425. The predicted molar refractivity (Wildman–Crippen MR) is 82.9 cm³/mol. The Morgan fingerprint density at radius 3 is 2.71 bits per heavy atom. The third kappa shape index (κ3) is 3.45. The zero-order chi connectivity index (χ0) is 15.6. The van der Waals surface area contributed by atoms with E-state index in [-0.39, 0.29) is 22.7 Å². The van der Waals surface area contributed by atoms with Crippen molar-refractivity contribution in [3.63, 3.8) is 0 Å². The second-order valence-electron chi connectivity index (χ2n) is 6.48. The van der Waals surface area contributed by atoms with E-state index in [0.29, 0.717) is 13.0 Å². The molecule has 0 aromatic carbocycles. The van der Waals surface area contributed by atoms with Crippen LogP contribution in [-0.4, -0.2) is 28.5 Å². The smallest absolute Gasteiger partial charge is 0.268 e. The number of hydrogen-bond donors (Lipinski definition) is 1. The van der Waals surface area contributed by atoms with E-state index in [4.69, 9.17) is 5.26 Å². The van der Waals surface area contributed by atoms with Crippen LogP contribution in [-0.2, 0) is 11.2 Å². The first-order chi connectivity index (χ1) is 9.83. The first-order valence-corrected chi connectivity index (χ1v) is 7.88. The van der Waals surface area contributed by atoms with Gasteiger partial charge in [0.15, 0.2) is 5.57 Å². The van der Waals surface area contributed by atoms with Gasteiger partial charge in [-0.15, -0.1) is 11.3 Å². The van der Waals surface area contributed by atoms with Gasteiger partial charge in [0.2, 0.25) is 0 Å². The van der Waals surface area contributed by atoms with Gasteiger partial charge in [0, 0.05) is 17.8 Å². The van der Waals surface area contributed by atoms with Crippen molar-refractivity contribution in [2.24, 2.45) is 5.41 Å². The van der Waals surface area contributed by atoms with Gasteiger partial charge in [-0.2, -0.15) is 5.26 Å². The van der Waals surface area contributed by atoms with Gasteiger partial charge in [-0.05, 0) is 23.3 Å². The molecule has 1 aliphatic rings. The van der Waals surface area contributed by atoms with E-state index in [2.05, 4.69) is 20.8 Å². The Morgan fingerprint density at radius 2 is 2.19 bits per heavy atom. The molecule has 0 aliphatic carbocycles. The molecule has 0 spiro atoms. The summed E-state index contributed by atoms with van der Waals surface area (Å²) in [6, 6.07) is 5.36. The van der Waals surface area contributed by atoms with Crippen LogP contribution in [0.3, 0.4) is 0 Å². The molecule has 1 amide bonds. The summed E-state index contributed by atoms with van der Waals surface area (Å²) < 4.78 is 0. The molecule has 1 unspecified atom stereocenters. The fourth-order valence-corrected chi connectivity index (χ4v) is 3.10. The van der Waals surface area contributed by atoms with Crippen LogP contribution in [0.2, 0.25) is 0 Å². The molecule has 2 heterocycles. The van der Waals surface area contributed by atoms with Gasteiger partial charge in [-0.25, -0.2) is 0 Å².